The first-order chi connectivity index (χ1) is 59.8. The second-order valence-corrected chi connectivity index (χ2v) is 30.0. The molecule has 2 saturated heterocycles. The maximum Gasteiger partial charge on any atom is 0.321 e. The first kappa shape index (κ1) is 81.0. The summed E-state index contributed by atoms with van der Waals surface area (Å²) < 4.78 is 0. The number of urea groups is 1. The van der Waals surface area contributed by atoms with Crippen molar-refractivity contribution in [3.05, 3.63) is 253 Å². The lowest BCUT2D eigenvalue weighted by Crippen LogP contribution is -2.36. The number of aromatic amines is 4. The van der Waals surface area contributed by atoms with Gasteiger partial charge in [0.1, 0.15) is 23.3 Å². The van der Waals surface area contributed by atoms with Crippen LogP contribution in [0.2, 0.25) is 0 Å². The molecule has 1 saturated carbocycles. The van der Waals surface area contributed by atoms with Gasteiger partial charge in [-0.25, -0.2) is 44.7 Å². The number of rotatable bonds is 19. The fraction of sp³-hybridized carbons (Fsp3) is 0.205. The molecule has 0 atom stereocenters. The molecule has 14 heterocycles. The fourth-order valence-corrected chi connectivity index (χ4v) is 13.7. The zero-order chi connectivity index (χ0) is 85.0. The van der Waals surface area contributed by atoms with E-state index in [0.717, 1.165) is 129 Å². The molecule has 2 aliphatic heterocycles. The first-order valence-corrected chi connectivity index (χ1v) is 39.6. The summed E-state index contributed by atoms with van der Waals surface area (Å²) in [6.45, 7) is 13.6. The minimum Gasteiger partial charge on any atom is -0.331 e. The minimum absolute atomic E-state index is 0.0308. The van der Waals surface area contributed by atoms with Gasteiger partial charge in [-0.3, -0.25) is 74.1 Å². The van der Waals surface area contributed by atoms with Crippen LogP contribution in [0.3, 0.4) is 0 Å². The molecule has 35 nitrogen and oxygen atoms in total. The number of H-pyrrole nitrogens is 4. The van der Waals surface area contributed by atoms with Gasteiger partial charge in [0, 0.05) is 114 Å². The van der Waals surface area contributed by atoms with E-state index < -0.39 is 0 Å². The molecule has 35 heteroatoms. The number of benzene rings is 4. The van der Waals surface area contributed by atoms with E-state index in [1.165, 1.54) is 35.3 Å². The van der Waals surface area contributed by atoms with E-state index >= 15 is 0 Å². The molecule has 616 valence electrons. The smallest absolute Gasteiger partial charge is 0.321 e. The van der Waals surface area contributed by atoms with Gasteiger partial charge in [-0.15, -0.1) is 0 Å². The molecule has 3 fully saturated rings. The number of likely N-dealkylation sites (tertiary alicyclic amines) is 2. The summed E-state index contributed by atoms with van der Waals surface area (Å²) in [4.78, 5) is 131. The van der Waals surface area contributed by atoms with Crippen molar-refractivity contribution in [1.29, 1.82) is 0 Å². The Hall–Kier alpha value is -15.8. The Bertz CT molecular complexity index is 6380. The van der Waals surface area contributed by atoms with Gasteiger partial charge in [0.25, 0.3) is 23.6 Å². The van der Waals surface area contributed by atoms with E-state index in [4.69, 9.17) is 0 Å². The Morgan fingerprint density at radius 2 is 0.626 bits per heavy atom. The lowest BCUT2D eigenvalue weighted by atomic mass is 10.0. The van der Waals surface area contributed by atoms with Crippen molar-refractivity contribution in [3.8, 4) is 44.5 Å². The number of hydrogen-bond donors (Lipinski definition) is 10. The van der Waals surface area contributed by atoms with Crippen molar-refractivity contribution < 1.29 is 28.8 Å². The summed E-state index contributed by atoms with van der Waals surface area (Å²) >= 11 is 0. The second-order valence-electron chi connectivity index (χ2n) is 30.0. The van der Waals surface area contributed by atoms with Crippen LogP contribution in [-0.4, -0.2) is 191 Å². The summed E-state index contributed by atoms with van der Waals surface area (Å²) in [7, 11) is 3.32. The molecule has 0 spiro atoms. The lowest BCUT2D eigenvalue weighted by Gasteiger charge is -2.30. The Kier molecular flexibility index (Phi) is 24.1. The summed E-state index contributed by atoms with van der Waals surface area (Å²) in [5, 5.41) is 48.1. The van der Waals surface area contributed by atoms with Crippen molar-refractivity contribution >= 4 is 113 Å². The molecule has 123 heavy (non-hydrogen) atoms. The molecule has 1 aliphatic carbocycles. The molecule has 3 aliphatic rings. The normalized spacial score (nSPS) is 13.0. The third kappa shape index (κ3) is 20.0. The van der Waals surface area contributed by atoms with Gasteiger partial charge in [0.2, 0.25) is 5.91 Å². The molecule has 0 unspecified atom stereocenters. The van der Waals surface area contributed by atoms with Gasteiger partial charge in [-0.1, -0.05) is 24.3 Å². The number of aryl methyl sites for hydroxylation is 4. The molecule has 10 N–H and O–H groups in total. The van der Waals surface area contributed by atoms with Crippen molar-refractivity contribution in [2.45, 2.75) is 72.9 Å². The zero-order valence-electron chi connectivity index (χ0n) is 67.8. The fourth-order valence-electron chi connectivity index (χ4n) is 13.7. The van der Waals surface area contributed by atoms with Crippen LogP contribution in [0, 0.1) is 33.6 Å². The van der Waals surface area contributed by atoms with Crippen LogP contribution in [0.1, 0.15) is 108 Å². The number of carbonyl (C=O) groups is 6. The highest BCUT2D eigenvalue weighted by molar-refractivity contribution is 6.14. The summed E-state index contributed by atoms with van der Waals surface area (Å²) in [5.74, 6) is 1.32. The zero-order valence-corrected chi connectivity index (χ0v) is 67.8. The maximum atomic E-state index is 12.8. The third-order valence-electron chi connectivity index (χ3n) is 20.5. The van der Waals surface area contributed by atoms with Crippen LogP contribution in [0.25, 0.3) is 88.1 Å². The van der Waals surface area contributed by atoms with Crippen molar-refractivity contribution in [2.24, 2.45) is 5.92 Å². The number of hydrogen-bond acceptors (Lipinski definition) is 24. The minimum atomic E-state index is -0.374. The summed E-state index contributed by atoms with van der Waals surface area (Å²) in [6, 6.07) is 30.9. The third-order valence-corrected chi connectivity index (χ3v) is 20.5. The van der Waals surface area contributed by atoms with Gasteiger partial charge in [0.15, 0.2) is 22.8 Å². The number of nitrogens with zero attached hydrogens (tertiary/aromatic N) is 19. The van der Waals surface area contributed by atoms with E-state index in [1.807, 2.05) is 110 Å². The number of pyridine rings is 4. The number of anilines is 6. The number of fused-ring (bicyclic) bond motifs is 4. The van der Waals surface area contributed by atoms with E-state index in [1.54, 1.807) is 116 Å². The van der Waals surface area contributed by atoms with E-state index in [2.05, 4.69) is 154 Å². The van der Waals surface area contributed by atoms with Crippen LogP contribution in [0.4, 0.5) is 38.9 Å². The van der Waals surface area contributed by atoms with Gasteiger partial charge in [-0.2, -0.15) is 20.4 Å². The Labute approximate surface area is 702 Å². The molecule has 7 amide bonds. The van der Waals surface area contributed by atoms with Gasteiger partial charge < -0.3 is 36.8 Å². The molecule has 16 aromatic rings. The average molecular weight is 1640 g/mol. The highest BCUT2D eigenvalue weighted by atomic mass is 16.2. The van der Waals surface area contributed by atoms with Crippen molar-refractivity contribution in [3.63, 3.8) is 0 Å². The van der Waals surface area contributed by atoms with Gasteiger partial charge in [-0.05, 0) is 192 Å². The topological polar surface area (TPSA) is 454 Å². The van der Waals surface area contributed by atoms with Crippen LogP contribution in [0.5, 0.6) is 0 Å². The summed E-state index contributed by atoms with van der Waals surface area (Å²) in [6.07, 6.45) is 32.4. The van der Waals surface area contributed by atoms with E-state index in [-0.39, 0.29) is 52.9 Å². The SMILES string of the molecule is Cc1ncc(NC(=O)c2n[nH]c3ccc(-c4cncc(CN5CCC5)c4)cc23)cn1.Cc1ncc(NC(=O)c2n[nH]c3ccc(-c4cncc(CN5CCCC5)c4)cc23)cn1.Cc1ncc(NC(=O)c2n[nH]c3ccc(-c4cncc(NC(=O)C5CC5)c4)cc23)cn1.Cc1ncc(NC(=O)c2n[nH]c3ccc(-c4cncc(NC(=O)N(C)C)c4)cc23)cn1. The van der Waals surface area contributed by atoms with Gasteiger partial charge in [0.05, 0.1) is 118 Å². The van der Waals surface area contributed by atoms with Crippen LogP contribution < -0.4 is 31.9 Å². The Morgan fingerprint density at radius 3 is 0.919 bits per heavy atom. The average Bonchev–Trinajstić information content (AvgIpc) is 1.69. The summed E-state index contributed by atoms with van der Waals surface area (Å²) in [5.41, 5.74) is 17.2. The standard InChI is InChI=1S/C23H23N7O.C22H19N7O2.C22H21N7O.C21H20N8O2/c1-15-25-12-19(13-26-15)27-23(31)22-20-9-17(4-5-21(20)28-29-22)18-8-16(10-24-11-18)14-30-6-2-3-7-30;1-12-24-10-17(11-25-12)27-22(31)20-18-7-14(4-5-19(18)28-29-20)15-6-16(9-23-8-15)26-21(30)13-2-3-13;1-14-24-11-18(12-25-14)26-22(30)21-19-8-16(3-4-20(19)27-28-21)17-7-15(9-23-10-17)13-29-5-2-6-29;1-12-23-10-16(11-24-12)25-20(30)19-17-7-13(4-5-18(17)27-28-19)14-6-15(9-22-8-14)26-21(31)29(2)3/h4-5,8-13H,2-3,6-7,14H2,1H3,(H,27,31)(H,28,29);4-11,13H,2-3H2,1H3,(H,26,30)(H,27,31)(H,28,29);3-4,7-12H,2,5-6,13H2,1H3,(H,26,30)(H,27,28);4-11H,1-3H3,(H,25,30)(H,26,31)(H,27,28). The van der Waals surface area contributed by atoms with Crippen molar-refractivity contribution in [1.82, 2.24) is 115 Å². The van der Waals surface area contributed by atoms with Crippen LogP contribution in [-0.2, 0) is 17.9 Å². The predicted octanol–water partition coefficient (Wildman–Crippen LogP) is 13.1. The van der Waals surface area contributed by atoms with E-state index in [9.17, 15) is 28.8 Å². The quantitative estimate of drug-likeness (QED) is 0.0359. The van der Waals surface area contributed by atoms with Gasteiger partial charge >= 0.3 is 6.03 Å². The Balaban J connectivity index is 0.000000121. The van der Waals surface area contributed by atoms with Crippen LogP contribution in [0.15, 0.2) is 196 Å². The number of amides is 7. The molecule has 0 radical (unpaired) electrons. The van der Waals surface area contributed by atoms with Crippen molar-refractivity contribution in [2.75, 3.05) is 72.2 Å². The molecular weight excluding hydrogens is 1560 g/mol. The number of aromatic nitrogens is 20. The molecule has 12 aromatic heterocycles. The Morgan fingerprint density at radius 1 is 0.333 bits per heavy atom. The van der Waals surface area contributed by atoms with E-state index in [0.29, 0.717) is 79.6 Å². The molecule has 0 bridgehead atoms. The highest BCUT2D eigenvalue weighted by Gasteiger charge is 2.30. The largest absolute Gasteiger partial charge is 0.331 e. The molecular formula is C88H83N29O6. The van der Waals surface area contributed by atoms with Crippen LogP contribution >= 0.6 is 0 Å². The second kappa shape index (κ2) is 36.6. The first-order valence-electron chi connectivity index (χ1n) is 39.6. The molecule has 19 rings (SSSR count). The predicted molar refractivity (Wildman–Crippen MR) is 465 cm³/mol. The maximum absolute atomic E-state index is 12.8. The number of carbonyl (C=O) groups excluding carboxylic acids is 6. The number of nitrogens with one attached hydrogen (secondary N) is 10. The highest BCUT2D eigenvalue weighted by Crippen LogP contribution is 2.34. The lowest BCUT2D eigenvalue weighted by molar-refractivity contribution is -0.117. The molecule has 4 aromatic carbocycles. The monoisotopic (exact) mass is 1640 g/mol.